The third kappa shape index (κ3) is 3.35. The normalized spacial score (nSPS) is 10.8. The largest absolute Gasteiger partial charge is 0.456 e. The van der Waals surface area contributed by atoms with Crippen molar-refractivity contribution in [1.82, 2.24) is 9.38 Å². The number of imidazole rings is 1. The standard InChI is InChI=1S/C22H18N2O2/c1-16-7-12-21-23-20(14-24(21)13-16)15-26-22(25)19-10-8-18(9-11-19)17-5-3-2-4-6-17/h2-14H,15H2,1H3. The summed E-state index contributed by atoms with van der Waals surface area (Å²) < 4.78 is 7.34. The molecule has 0 saturated heterocycles. The van der Waals surface area contributed by atoms with Gasteiger partial charge in [0, 0.05) is 12.4 Å². The van der Waals surface area contributed by atoms with Crippen molar-refractivity contribution in [1.29, 1.82) is 0 Å². The van der Waals surface area contributed by atoms with Crippen LogP contribution in [-0.2, 0) is 11.3 Å². The Morgan fingerprint density at radius 2 is 1.65 bits per heavy atom. The first-order valence-electron chi connectivity index (χ1n) is 8.46. The number of fused-ring (bicyclic) bond motifs is 1. The maximum Gasteiger partial charge on any atom is 0.338 e. The van der Waals surface area contributed by atoms with Gasteiger partial charge in [-0.25, -0.2) is 9.78 Å². The van der Waals surface area contributed by atoms with E-state index in [4.69, 9.17) is 4.74 Å². The van der Waals surface area contributed by atoms with E-state index in [1.54, 1.807) is 12.1 Å². The lowest BCUT2D eigenvalue weighted by atomic mass is 10.0. The van der Waals surface area contributed by atoms with Gasteiger partial charge in [0.05, 0.1) is 11.3 Å². The van der Waals surface area contributed by atoms with E-state index in [2.05, 4.69) is 4.98 Å². The van der Waals surface area contributed by atoms with E-state index in [1.807, 2.05) is 78.3 Å². The smallest absolute Gasteiger partial charge is 0.338 e. The maximum absolute atomic E-state index is 12.3. The Bertz CT molecular complexity index is 1050. The van der Waals surface area contributed by atoms with Crippen LogP contribution in [-0.4, -0.2) is 15.4 Å². The second-order valence-corrected chi connectivity index (χ2v) is 6.22. The van der Waals surface area contributed by atoms with Gasteiger partial charge in [-0.3, -0.25) is 0 Å². The number of aromatic nitrogens is 2. The summed E-state index contributed by atoms with van der Waals surface area (Å²) in [5.74, 6) is -0.349. The monoisotopic (exact) mass is 342 g/mol. The van der Waals surface area contributed by atoms with Crippen LogP contribution in [0.4, 0.5) is 0 Å². The van der Waals surface area contributed by atoms with Crippen LogP contribution in [0.1, 0.15) is 21.6 Å². The average molecular weight is 342 g/mol. The van der Waals surface area contributed by atoms with Gasteiger partial charge < -0.3 is 9.14 Å². The molecule has 0 fully saturated rings. The summed E-state index contributed by atoms with van der Waals surface area (Å²) in [5.41, 5.74) is 5.44. The van der Waals surface area contributed by atoms with Crippen molar-refractivity contribution in [2.75, 3.05) is 0 Å². The molecule has 0 radical (unpaired) electrons. The van der Waals surface area contributed by atoms with Crippen molar-refractivity contribution in [3.05, 3.63) is 95.9 Å². The highest BCUT2D eigenvalue weighted by Crippen LogP contribution is 2.19. The van der Waals surface area contributed by atoms with Crippen molar-refractivity contribution < 1.29 is 9.53 Å². The molecule has 0 atom stereocenters. The van der Waals surface area contributed by atoms with Crippen molar-refractivity contribution in [3.63, 3.8) is 0 Å². The Kier molecular flexibility index (Phi) is 4.23. The lowest BCUT2D eigenvalue weighted by molar-refractivity contribution is 0.0468. The zero-order valence-electron chi connectivity index (χ0n) is 14.4. The zero-order valence-corrected chi connectivity index (χ0v) is 14.4. The van der Waals surface area contributed by atoms with Crippen molar-refractivity contribution in [3.8, 4) is 11.1 Å². The minimum atomic E-state index is -0.349. The van der Waals surface area contributed by atoms with Gasteiger partial charge in [0.15, 0.2) is 0 Å². The number of carbonyl (C=O) groups is 1. The fourth-order valence-electron chi connectivity index (χ4n) is 2.88. The summed E-state index contributed by atoms with van der Waals surface area (Å²) in [5, 5.41) is 0. The summed E-state index contributed by atoms with van der Waals surface area (Å²) in [6, 6.07) is 21.4. The van der Waals surface area contributed by atoms with Gasteiger partial charge in [-0.05, 0) is 41.8 Å². The molecule has 4 rings (SSSR count). The van der Waals surface area contributed by atoms with Gasteiger partial charge in [-0.1, -0.05) is 48.5 Å². The summed E-state index contributed by atoms with van der Waals surface area (Å²) in [4.78, 5) is 16.7. The highest BCUT2D eigenvalue weighted by atomic mass is 16.5. The predicted octanol–water partition coefficient (Wildman–Crippen LogP) is 4.67. The molecule has 0 unspecified atom stereocenters. The summed E-state index contributed by atoms with van der Waals surface area (Å²) in [6.07, 6.45) is 3.88. The van der Waals surface area contributed by atoms with Crippen LogP contribution in [0, 0.1) is 6.92 Å². The van der Waals surface area contributed by atoms with Crippen LogP contribution in [0.15, 0.2) is 79.1 Å². The van der Waals surface area contributed by atoms with Gasteiger partial charge in [0.25, 0.3) is 0 Å². The average Bonchev–Trinajstić information content (AvgIpc) is 3.09. The van der Waals surface area contributed by atoms with Crippen molar-refractivity contribution in [2.24, 2.45) is 0 Å². The molecule has 0 bridgehead atoms. The van der Waals surface area contributed by atoms with Gasteiger partial charge in [0.2, 0.25) is 0 Å². The fraction of sp³-hybridized carbons (Fsp3) is 0.0909. The molecule has 0 aliphatic rings. The summed E-state index contributed by atoms with van der Waals surface area (Å²) in [6.45, 7) is 2.18. The molecular formula is C22H18N2O2. The number of nitrogens with zero attached hydrogens (tertiary/aromatic N) is 2. The summed E-state index contributed by atoms with van der Waals surface area (Å²) in [7, 11) is 0. The summed E-state index contributed by atoms with van der Waals surface area (Å²) >= 11 is 0. The SMILES string of the molecule is Cc1ccc2nc(COC(=O)c3ccc(-c4ccccc4)cc3)cn2c1. The number of esters is 1. The van der Waals surface area contributed by atoms with Crippen molar-refractivity contribution >= 4 is 11.6 Å². The van der Waals surface area contributed by atoms with Crippen LogP contribution in [0.2, 0.25) is 0 Å². The molecule has 2 heterocycles. The van der Waals surface area contributed by atoms with Crippen LogP contribution in [0.5, 0.6) is 0 Å². The lowest BCUT2D eigenvalue weighted by Crippen LogP contribution is -2.05. The first-order chi connectivity index (χ1) is 12.7. The third-order valence-corrected chi connectivity index (χ3v) is 4.23. The van der Waals surface area contributed by atoms with Crippen LogP contribution < -0.4 is 0 Å². The fourth-order valence-corrected chi connectivity index (χ4v) is 2.88. The molecule has 0 N–H and O–H groups in total. The Balaban J connectivity index is 1.44. The number of carbonyl (C=O) groups excluding carboxylic acids is 1. The minimum Gasteiger partial charge on any atom is -0.456 e. The molecule has 0 saturated carbocycles. The highest BCUT2D eigenvalue weighted by Gasteiger charge is 2.09. The molecule has 0 amide bonds. The molecule has 26 heavy (non-hydrogen) atoms. The second-order valence-electron chi connectivity index (χ2n) is 6.22. The first-order valence-corrected chi connectivity index (χ1v) is 8.46. The van der Waals surface area contributed by atoms with E-state index >= 15 is 0 Å². The number of rotatable bonds is 4. The first kappa shape index (κ1) is 16.1. The molecule has 2 aromatic carbocycles. The Morgan fingerprint density at radius 1 is 0.923 bits per heavy atom. The topological polar surface area (TPSA) is 43.6 Å². The Hall–Kier alpha value is -3.40. The van der Waals surface area contributed by atoms with Gasteiger partial charge in [-0.15, -0.1) is 0 Å². The molecule has 4 heteroatoms. The van der Waals surface area contributed by atoms with Gasteiger partial charge >= 0.3 is 5.97 Å². The number of pyridine rings is 1. The molecular weight excluding hydrogens is 324 g/mol. The van der Waals surface area contributed by atoms with E-state index in [-0.39, 0.29) is 12.6 Å². The Morgan fingerprint density at radius 3 is 2.42 bits per heavy atom. The number of aryl methyl sites for hydroxylation is 1. The van der Waals surface area contributed by atoms with Gasteiger partial charge in [0.1, 0.15) is 12.3 Å². The Labute approximate surface area is 151 Å². The number of ether oxygens (including phenoxy) is 1. The maximum atomic E-state index is 12.3. The van der Waals surface area contributed by atoms with E-state index in [9.17, 15) is 4.79 Å². The van der Waals surface area contributed by atoms with E-state index in [0.29, 0.717) is 5.56 Å². The van der Waals surface area contributed by atoms with Crippen LogP contribution >= 0.6 is 0 Å². The van der Waals surface area contributed by atoms with E-state index in [0.717, 1.165) is 28.0 Å². The second kappa shape index (κ2) is 6.84. The van der Waals surface area contributed by atoms with E-state index in [1.165, 1.54) is 0 Å². The molecule has 0 aliphatic heterocycles. The van der Waals surface area contributed by atoms with Crippen molar-refractivity contribution in [2.45, 2.75) is 13.5 Å². The molecule has 4 aromatic rings. The minimum absolute atomic E-state index is 0.153. The van der Waals surface area contributed by atoms with Gasteiger partial charge in [-0.2, -0.15) is 0 Å². The van der Waals surface area contributed by atoms with Crippen LogP contribution in [0.25, 0.3) is 16.8 Å². The number of benzene rings is 2. The molecule has 4 nitrogen and oxygen atoms in total. The molecule has 2 aromatic heterocycles. The lowest BCUT2D eigenvalue weighted by Gasteiger charge is -2.05. The third-order valence-electron chi connectivity index (χ3n) is 4.23. The number of hydrogen-bond donors (Lipinski definition) is 0. The highest BCUT2D eigenvalue weighted by molar-refractivity contribution is 5.90. The predicted molar refractivity (Wildman–Crippen MR) is 101 cm³/mol. The van der Waals surface area contributed by atoms with Crippen LogP contribution in [0.3, 0.4) is 0 Å². The van der Waals surface area contributed by atoms with E-state index < -0.39 is 0 Å². The molecule has 0 aliphatic carbocycles. The quantitative estimate of drug-likeness (QED) is 0.506. The zero-order chi connectivity index (χ0) is 17.9. The number of hydrogen-bond acceptors (Lipinski definition) is 3. The molecule has 0 spiro atoms. The molecule has 128 valence electrons.